The Bertz CT molecular complexity index is 518. The first-order chi connectivity index (χ1) is 12.0. The summed E-state index contributed by atoms with van der Waals surface area (Å²) in [6.07, 6.45) is 4.31. The lowest BCUT2D eigenvalue weighted by Gasteiger charge is -2.24. The predicted octanol–water partition coefficient (Wildman–Crippen LogP) is 3.27. The summed E-state index contributed by atoms with van der Waals surface area (Å²) in [6, 6.07) is 3.49. The second-order valence-electron chi connectivity index (χ2n) is 5.96. The number of aliphatic imine (C=N–C) groups is 1. The van der Waals surface area contributed by atoms with Crippen molar-refractivity contribution >= 4 is 17.7 Å². The van der Waals surface area contributed by atoms with Crippen LogP contribution in [0.1, 0.15) is 31.4 Å². The zero-order valence-corrected chi connectivity index (χ0v) is 16.4. The first kappa shape index (κ1) is 21.7. The molecule has 0 aliphatic carbocycles. The van der Waals surface area contributed by atoms with Crippen LogP contribution in [-0.4, -0.2) is 56.6 Å². The highest BCUT2D eigenvalue weighted by Gasteiger charge is 2.22. The summed E-state index contributed by atoms with van der Waals surface area (Å²) in [5.41, 5.74) is 0.0621. The minimum atomic E-state index is -0.538. The Morgan fingerprint density at radius 2 is 1.88 bits per heavy atom. The Hall–Kier alpha value is -1.34. The Labute approximate surface area is 154 Å². The molecule has 142 valence electrons. The summed E-state index contributed by atoms with van der Waals surface area (Å²) in [5, 5.41) is 6.45. The van der Waals surface area contributed by atoms with Crippen LogP contribution in [0.25, 0.3) is 0 Å². The summed E-state index contributed by atoms with van der Waals surface area (Å²) in [6.45, 7) is 3.82. The van der Waals surface area contributed by atoms with E-state index >= 15 is 0 Å². The van der Waals surface area contributed by atoms with Crippen LogP contribution in [0.4, 0.5) is 8.78 Å². The van der Waals surface area contributed by atoms with Gasteiger partial charge < -0.3 is 15.5 Å². The number of unbranched alkanes of at least 4 members (excludes halogenated alkanes) is 1. The van der Waals surface area contributed by atoms with Crippen molar-refractivity contribution < 1.29 is 8.78 Å². The van der Waals surface area contributed by atoms with E-state index in [0.29, 0.717) is 5.96 Å². The molecule has 25 heavy (non-hydrogen) atoms. The van der Waals surface area contributed by atoms with Crippen LogP contribution in [-0.2, 0) is 0 Å². The van der Waals surface area contributed by atoms with Crippen molar-refractivity contribution in [3.8, 4) is 0 Å². The maximum absolute atomic E-state index is 14.1. The molecule has 7 heteroatoms. The number of rotatable bonds is 10. The third-order valence-corrected chi connectivity index (χ3v) is 4.49. The van der Waals surface area contributed by atoms with Crippen LogP contribution in [0.3, 0.4) is 0 Å². The third-order valence-electron chi connectivity index (χ3n) is 3.79. The summed E-state index contributed by atoms with van der Waals surface area (Å²) in [4.78, 5) is 6.31. The molecule has 0 heterocycles. The Morgan fingerprint density at radius 1 is 1.20 bits per heavy atom. The van der Waals surface area contributed by atoms with Gasteiger partial charge in [0.25, 0.3) is 0 Å². The number of likely N-dealkylation sites (N-methyl/N-ethyl adjacent to an activating group) is 1. The summed E-state index contributed by atoms with van der Waals surface area (Å²) in [5.74, 6) is 0.744. The fraction of sp³-hybridized carbons (Fsp3) is 0.611. The Morgan fingerprint density at radius 3 is 2.44 bits per heavy atom. The van der Waals surface area contributed by atoms with Crippen molar-refractivity contribution in [3.63, 3.8) is 0 Å². The molecule has 1 rings (SSSR count). The third kappa shape index (κ3) is 7.61. The maximum Gasteiger partial charge on any atom is 0.191 e. The van der Waals surface area contributed by atoms with Crippen molar-refractivity contribution in [1.29, 1.82) is 0 Å². The lowest BCUT2D eigenvalue weighted by atomic mass is 10.0. The molecule has 2 N–H and O–H groups in total. The molecule has 1 aromatic rings. The van der Waals surface area contributed by atoms with E-state index in [1.165, 1.54) is 18.2 Å². The van der Waals surface area contributed by atoms with E-state index in [-0.39, 0.29) is 12.1 Å². The summed E-state index contributed by atoms with van der Waals surface area (Å²) >= 11 is 1.84. The van der Waals surface area contributed by atoms with Gasteiger partial charge in [-0.3, -0.25) is 4.99 Å². The topological polar surface area (TPSA) is 39.7 Å². The SMILES string of the molecule is CCNC(=NCC(c1c(F)cccc1F)N(C)C)NCCCCSC. The normalized spacial score (nSPS) is 13.2. The van der Waals surface area contributed by atoms with Gasteiger partial charge in [0.1, 0.15) is 11.6 Å². The lowest BCUT2D eigenvalue weighted by molar-refractivity contribution is 0.290. The van der Waals surface area contributed by atoms with Gasteiger partial charge in [0.05, 0.1) is 12.6 Å². The zero-order valence-electron chi connectivity index (χ0n) is 15.6. The molecule has 0 bridgehead atoms. The summed E-state index contributed by atoms with van der Waals surface area (Å²) in [7, 11) is 3.60. The number of nitrogens with zero attached hydrogens (tertiary/aromatic N) is 2. The van der Waals surface area contributed by atoms with Gasteiger partial charge in [0.15, 0.2) is 5.96 Å². The van der Waals surface area contributed by atoms with Crippen LogP contribution in [0.2, 0.25) is 0 Å². The van der Waals surface area contributed by atoms with Crippen molar-refractivity contribution in [3.05, 3.63) is 35.4 Å². The van der Waals surface area contributed by atoms with E-state index < -0.39 is 17.7 Å². The fourth-order valence-corrected chi connectivity index (χ4v) is 2.93. The minimum Gasteiger partial charge on any atom is -0.357 e. The second kappa shape index (κ2) is 12.1. The molecule has 0 fully saturated rings. The van der Waals surface area contributed by atoms with Gasteiger partial charge in [-0.25, -0.2) is 8.78 Å². The fourth-order valence-electron chi connectivity index (χ4n) is 2.44. The van der Waals surface area contributed by atoms with E-state index in [1.54, 1.807) is 19.0 Å². The number of thioether (sulfide) groups is 1. The van der Waals surface area contributed by atoms with Crippen LogP contribution in [0.5, 0.6) is 0 Å². The number of hydrogen-bond acceptors (Lipinski definition) is 3. The average Bonchev–Trinajstić information content (AvgIpc) is 2.56. The largest absolute Gasteiger partial charge is 0.357 e. The van der Waals surface area contributed by atoms with Gasteiger partial charge >= 0.3 is 0 Å². The number of benzene rings is 1. The molecule has 0 amide bonds. The quantitative estimate of drug-likeness (QED) is 0.376. The van der Waals surface area contributed by atoms with Gasteiger partial charge in [-0.15, -0.1) is 0 Å². The molecule has 1 unspecified atom stereocenters. The smallest absolute Gasteiger partial charge is 0.191 e. The molecule has 0 saturated carbocycles. The Balaban J connectivity index is 2.78. The molecule has 0 radical (unpaired) electrons. The van der Waals surface area contributed by atoms with E-state index in [1.807, 2.05) is 18.7 Å². The van der Waals surface area contributed by atoms with Gasteiger partial charge in [-0.05, 0) is 58.0 Å². The highest BCUT2D eigenvalue weighted by Crippen LogP contribution is 2.24. The molecular formula is C18H30F2N4S. The van der Waals surface area contributed by atoms with Gasteiger partial charge in [0.2, 0.25) is 0 Å². The number of guanidine groups is 1. The van der Waals surface area contributed by atoms with Crippen LogP contribution >= 0.6 is 11.8 Å². The van der Waals surface area contributed by atoms with Crippen molar-refractivity contribution in [2.45, 2.75) is 25.8 Å². The maximum atomic E-state index is 14.1. The number of hydrogen-bond donors (Lipinski definition) is 2. The zero-order chi connectivity index (χ0) is 18.7. The van der Waals surface area contributed by atoms with Crippen molar-refractivity contribution in [2.24, 2.45) is 4.99 Å². The lowest BCUT2D eigenvalue weighted by Crippen LogP contribution is -2.38. The molecule has 0 aliphatic heterocycles. The standard InChI is InChI=1S/C18H30F2N4S/c1-5-21-18(22-11-6-7-12-25-4)23-13-16(24(2)3)17-14(19)9-8-10-15(17)20/h8-10,16H,5-7,11-13H2,1-4H3,(H2,21,22,23). The van der Waals surface area contributed by atoms with E-state index in [2.05, 4.69) is 21.9 Å². The molecule has 4 nitrogen and oxygen atoms in total. The molecule has 0 aliphatic rings. The van der Waals surface area contributed by atoms with E-state index in [4.69, 9.17) is 0 Å². The van der Waals surface area contributed by atoms with Crippen LogP contribution < -0.4 is 10.6 Å². The number of halogens is 2. The van der Waals surface area contributed by atoms with E-state index in [0.717, 1.165) is 31.7 Å². The molecule has 0 saturated heterocycles. The van der Waals surface area contributed by atoms with Gasteiger partial charge in [0, 0.05) is 18.7 Å². The second-order valence-corrected chi connectivity index (χ2v) is 6.95. The number of nitrogens with one attached hydrogen (secondary N) is 2. The van der Waals surface area contributed by atoms with Crippen molar-refractivity contribution in [1.82, 2.24) is 15.5 Å². The molecular weight excluding hydrogens is 342 g/mol. The highest BCUT2D eigenvalue weighted by molar-refractivity contribution is 7.98. The minimum absolute atomic E-state index is 0.0621. The Kier molecular flexibility index (Phi) is 10.5. The first-order valence-corrected chi connectivity index (χ1v) is 10.0. The van der Waals surface area contributed by atoms with E-state index in [9.17, 15) is 8.78 Å². The van der Waals surface area contributed by atoms with Gasteiger partial charge in [-0.1, -0.05) is 6.07 Å². The van der Waals surface area contributed by atoms with Gasteiger partial charge in [-0.2, -0.15) is 11.8 Å². The molecule has 1 atom stereocenters. The first-order valence-electron chi connectivity index (χ1n) is 8.62. The van der Waals surface area contributed by atoms with Crippen LogP contribution in [0.15, 0.2) is 23.2 Å². The monoisotopic (exact) mass is 372 g/mol. The molecule has 0 aromatic heterocycles. The highest BCUT2D eigenvalue weighted by atomic mass is 32.2. The van der Waals surface area contributed by atoms with Crippen molar-refractivity contribution in [2.75, 3.05) is 45.7 Å². The summed E-state index contributed by atoms with van der Waals surface area (Å²) < 4.78 is 28.2. The molecule has 1 aromatic carbocycles. The predicted molar refractivity (Wildman–Crippen MR) is 104 cm³/mol. The van der Waals surface area contributed by atoms with Crippen LogP contribution in [0, 0.1) is 11.6 Å². The molecule has 0 spiro atoms. The average molecular weight is 373 g/mol.